The molecule has 0 aliphatic carbocycles. The van der Waals surface area contributed by atoms with Gasteiger partial charge in [0.15, 0.2) is 0 Å². The number of benzene rings is 1. The molecular formula is C11H13NO4. The number of rotatable bonds is 4. The van der Waals surface area contributed by atoms with Crippen LogP contribution in [0.15, 0.2) is 24.3 Å². The van der Waals surface area contributed by atoms with Crippen LogP contribution in [0, 0.1) is 16.0 Å². The van der Waals surface area contributed by atoms with Crippen LogP contribution in [0.2, 0.25) is 0 Å². The van der Waals surface area contributed by atoms with Crippen molar-refractivity contribution in [3.8, 4) is 0 Å². The number of hydrogen-bond acceptors (Lipinski definition) is 3. The fraction of sp³-hybridized carbons (Fsp3) is 0.364. The lowest BCUT2D eigenvalue weighted by atomic mass is 9.88. The van der Waals surface area contributed by atoms with Gasteiger partial charge >= 0.3 is 5.97 Å². The third-order valence-electron chi connectivity index (χ3n) is 2.37. The lowest BCUT2D eigenvalue weighted by Crippen LogP contribution is -2.17. The lowest BCUT2D eigenvalue weighted by Gasteiger charge is -2.16. The summed E-state index contributed by atoms with van der Waals surface area (Å²) in [5.41, 5.74) is 0.390. The third-order valence-corrected chi connectivity index (χ3v) is 2.37. The van der Waals surface area contributed by atoms with Crippen LogP contribution < -0.4 is 0 Å². The van der Waals surface area contributed by atoms with Gasteiger partial charge in [0, 0.05) is 12.1 Å². The Balaban J connectivity index is 3.15. The molecule has 0 fully saturated rings. The Kier molecular flexibility index (Phi) is 3.60. The first-order chi connectivity index (χ1) is 7.43. The van der Waals surface area contributed by atoms with E-state index in [1.54, 1.807) is 19.9 Å². The van der Waals surface area contributed by atoms with E-state index >= 15 is 0 Å². The Bertz CT molecular complexity index is 414. The minimum absolute atomic E-state index is 0.0793. The molecule has 0 radical (unpaired) electrons. The molecule has 1 unspecified atom stereocenters. The van der Waals surface area contributed by atoms with E-state index < -0.39 is 16.8 Å². The number of nitro benzene ring substituents is 1. The Morgan fingerprint density at radius 3 is 2.50 bits per heavy atom. The molecular weight excluding hydrogens is 210 g/mol. The second kappa shape index (κ2) is 4.74. The molecule has 16 heavy (non-hydrogen) atoms. The molecule has 0 aromatic heterocycles. The van der Waals surface area contributed by atoms with E-state index in [9.17, 15) is 14.9 Å². The highest BCUT2D eigenvalue weighted by molar-refractivity contribution is 5.76. The number of carboxylic acid groups (broad SMARTS) is 1. The van der Waals surface area contributed by atoms with E-state index in [4.69, 9.17) is 5.11 Å². The van der Waals surface area contributed by atoms with Crippen molar-refractivity contribution in [2.24, 2.45) is 5.92 Å². The average molecular weight is 223 g/mol. The van der Waals surface area contributed by atoms with Crippen molar-refractivity contribution in [3.05, 3.63) is 39.9 Å². The quantitative estimate of drug-likeness (QED) is 0.627. The minimum atomic E-state index is -0.963. The summed E-state index contributed by atoms with van der Waals surface area (Å²) >= 11 is 0. The summed E-state index contributed by atoms with van der Waals surface area (Å²) in [5, 5.41) is 19.6. The molecule has 1 aromatic carbocycles. The molecule has 1 rings (SSSR count). The molecule has 1 aromatic rings. The van der Waals surface area contributed by atoms with Gasteiger partial charge in [-0.15, -0.1) is 0 Å². The SMILES string of the molecule is CC(C)C(C(=O)O)c1cccc([N+](=O)[O-])c1. The molecule has 5 nitrogen and oxygen atoms in total. The largest absolute Gasteiger partial charge is 0.481 e. The van der Waals surface area contributed by atoms with E-state index in [0.717, 1.165) is 0 Å². The maximum absolute atomic E-state index is 11.1. The van der Waals surface area contributed by atoms with Gasteiger partial charge in [-0.25, -0.2) is 0 Å². The minimum Gasteiger partial charge on any atom is -0.481 e. The van der Waals surface area contributed by atoms with Crippen molar-refractivity contribution in [1.82, 2.24) is 0 Å². The van der Waals surface area contributed by atoms with Gasteiger partial charge in [-0.1, -0.05) is 26.0 Å². The van der Waals surface area contributed by atoms with Crippen molar-refractivity contribution in [2.45, 2.75) is 19.8 Å². The second-order valence-corrected chi connectivity index (χ2v) is 3.91. The number of carbonyl (C=O) groups is 1. The average Bonchev–Trinajstić information content (AvgIpc) is 2.16. The zero-order chi connectivity index (χ0) is 12.3. The van der Waals surface area contributed by atoms with Crippen molar-refractivity contribution in [2.75, 3.05) is 0 Å². The summed E-state index contributed by atoms with van der Waals surface area (Å²) in [6.45, 7) is 3.55. The Hall–Kier alpha value is -1.91. The van der Waals surface area contributed by atoms with Gasteiger partial charge in [-0.2, -0.15) is 0 Å². The molecule has 0 saturated heterocycles. The summed E-state index contributed by atoms with van der Waals surface area (Å²) in [7, 11) is 0. The van der Waals surface area contributed by atoms with Gasteiger partial charge < -0.3 is 5.11 Å². The van der Waals surface area contributed by atoms with Gasteiger partial charge in [0.25, 0.3) is 5.69 Å². The van der Waals surface area contributed by atoms with E-state index in [2.05, 4.69) is 0 Å². The topological polar surface area (TPSA) is 80.4 Å². The highest BCUT2D eigenvalue weighted by Gasteiger charge is 2.24. The molecule has 1 atom stereocenters. The molecule has 0 heterocycles. The maximum Gasteiger partial charge on any atom is 0.311 e. The highest BCUT2D eigenvalue weighted by Crippen LogP contribution is 2.27. The lowest BCUT2D eigenvalue weighted by molar-refractivity contribution is -0.384. The van der Waals surface area contributed by atoms with Gasteiger partial charge in [0.1, 0.15) is 0 Å². The third kappa shape index (κ3) is 2.56. The van der Waals surface area contributed by atoms with Crippen molar-refractivity contribution in [3.63, 3.8) is 0 Å². The molecule has 0 saturated carbocycles. The molecule has 0 aliphatic heterocycles. The Labute approximate surface area is 92.9 Å². The van der Waals surface area contributed by atoms with Crippen LogP contribution in [-0.4, -0.2) is 16.0 Å². The number of hydrogen-bond donors (Lipinski definition) is 1. The van der Waals surface area contributed by atoms with Crippen LogP contribution in [-0.2, 0) is 4.79 Å². The standard InChI is InChI=1S/C11H13NO4/c1-7(2)10(11(13)14)8-4-3-5-9(6-8)12(15)16/h3-7,10H,1-2H3,(H,13,14). The molecule has 1 N–H and O–H groups in total. The van der Waals surface area contributed by atoms with Gasteiger partial charge in [0.05, 0.1) is 10.8 Å². The van der Waals surface area contributed by atoms with Crippen molar-refractivity contribution in [1.29, 1.82) is 0 Å². The summed E-state index contributed by atoms with van der Waals surface area (Å²) < 4.78 is 0. The summed E-state index contributed by atoms with van der Waals surface area (Å²) in [6, 6.07) is 5.78. The predicted octanol–water partition coefficient (Wildman–Crippen LogP) is 2.42. The van der Waals surface area contributed by atoms with Crippen LogP contribution in [0.3, 0.4) is 0 Å². The van der Waals surface area contributed by atoms with Crippen LogP contribution in [0.4, 0.5) is 5.69 Å². The summed E-state index contributed by atoms with van der Waals surface area (Å²) in [5.74, 6) is -1.78. The van der Waals surface area contributed by atoms with E-state index in [1.807, 2.05) is 0 Å². The maximum atomic E-state index is 11.1. The molecule has 0 amide bonds. The molecule has 86 valence electrons. The summed E-state index contributed by atoms with van der Waals surface area (Å²) in [6.07, 6.45) is 0. The zero-order valence-corrected chi connectivity index (χ0v) is 9.08. The molecule has 0 bridgehead atoms. The zero-order valence-electron chi connectivity index (χ0n) is 9.08. The normalized spacial score (nSPS) is 12.4. The highest BCUT2D eigenvalue weighted by atomic mass is 16.6. The predicted molar refractivity (Wildman–Crippen MR) is 58.3 cm³/mol. The van der Waals surface area contributed by atoms with Crippen LogP contribution in [0.5, 0.6) is 0 Å². The fourth-order valence-electron chi connectivity index (χ4n) is 1.64. The number of nitrogens with zero attached hydrogens (tertiary/aromatic N) is 1. The van der Waals surface area contributed by atoms with Crippen LogP contribution >= 0.6 is 0 Å². The smallest absolute Gasteiger partial charge is 0.311 e. The fourth-order valence-corrected chi connectivity index (χ4v) is 1.64. The molecule has 0 aliphatic rings. The van der Waals surface area contributed by atoms with Gasteiger partial charge in [-0.3, -0.25) is 14.9 Å². The monoisotopic (exact) mass is 223 g/mol. The van der Waals surface area contributed by atoms with Crippen molar-refractivity contribution < 1.29 is 14.8 Å². The molecule has 0 spiro atoms. The summed E-state index contributed by atoms with van der Waals surface area (Å²) in [4.78, 5) is 21.1. The number of nitro groups is 1. The second-order valence-electron chi connectivity index (χ2n) is 3.91. The van der Waals surface area contributed by atoms with E-state index in [1.165, 1.54) is 18.2 Å². The number of carboxylic acids is 1. The molecule has 5 heteroatoms. The Morgan fingerprint density at radius 2 is 2.06 bits per heavy atom. The first-order valence-electron chi connectivity index (χ1n) is 4.90. The first kappa shape index (κ1) is 12.2. The Morgan fingerprint density at radius 1 is 1.44 bits per heavy atom. The van der Waals surface area contributed by atoms with Gasteiger partial charge in [-0.05, 0) is 11.5 Å². The number of aliphatic carboxylic acids is 1. The van der Waals surface area contributed by atoms with Gasteiger partial charge in [0.2, 0.25) is 0 Å². The van der Waals surface area contributed by atoms with Crippen LogP contribution in [0.1, 0.15) is 25.3 Å². The van der Waals surface area contributed by atoms with Crippen LogP contribution in [0.25, 0.3) is 0 Å². The first-order valence-corrected chi connectivity index (χ1v) is 4.90. The van der Waals surface area contributed by atoms with Crippen molar-refractivity contribution >= 4 is 11.7 Å². The van der Waals surface area contributed by atoms with E-state index in [0.29, 0.717) is 5.56 Å². The van der Waals surface area contributed by atoms with E-state index in [-0.39, 0.29) is 11.6 Å². The number of non-ortho nitro benzene ring substituents is 1.